The molecule has 6 heteroatoms. The lowest BCUT2D eigenvalue weighted by atomic mass is 10.1. The third-order valence-electron chi connectivity index (χ3n) is 5.80. The van der Waals surface area contributed by atoms with Crippen LogP contribution in [0.2, 0.25) is 0 Å². The monoisotopic (exact) mass is 432 g/mol. The van der Waals surface area contributed by atoms with E-state index in [1.54, 1.807) is 12.1 Å². The molecule has 2 aliphatic rings. The van der Waals surface area contributed by atoms with Gasteiger partial charge in [-0.15, -0.1) is 0 Å². The molecule has 1 heterocycles. The highest BCUT2D eigenvalue weighted by atomic mass is 16.5. The molecule has 6 nitrogen and oxygen atoms in total. The SMILES string of the molecule is COC(=O)C(NC(=O)c1ccc(C#Cc2ccc(CN3CCOCC3)cc2)cc1)C1CC1. The van der Waals surface area contributed by atoms with Gasteiger partial charge in [0, 0.05) is 36.3 Å². The van der Waals surface area contributed by atoms with Crippen LogP contribution in [0.3, 0.4) is 0 Å². The van der Waals surface area contributed by atoms with Crippen molar-refractivity contribution in [1.82, 2.24) is 10.2 Å². The highest BCUT2D eigenvalue weighted by Crippen LogP contribution is 2.33. The lowest BCUT2D eigenvalue weighted by Crippen LogP contribution is -2.43. The van der Waals surface area contributed by atoms with Gasteiger partial charge in [-0.2, -0.15) is 0 Å². The van der Waals surface area contributed by atoms with E-state index in [2.05, 4.69) is 34.2 Å². The number of hydrogen-bond acceptors (Lipinski definition) is 5. The Labute approximate surface area is 188 Å². The second-order valence-electron chi connectivity index (χ2n) is 8.22. The van der Waals surface area contributed by atoms with Gasteiger partial charge < -0.3 is 14.8 Å². The zero-order valence-electron chi connectivity index (χ0n) is 18.3. The highest BCUT2D eigenvalue weighted by Gasteiger charge is 2.38. The van der Waals surface area contributed by atoms with E-state index in [0.29, 0.717) is 5.56 Å². The minimum Gasteiger partial charge on any atom is -0.467 e. The van der Waals surface area contributed by atoms with E-state index in [1.807, 2.05) is 24.3 Å². The van der Waals surface area contributed by atoms with Crippen LogP contribution in [0.25, 0.3) is 0 Å². The lowest BCUT2D eigenvalue weighted by Gasteiger charge is -2.26. The van der Waals surface area contributed by atoms with Crippen LogP contribution in [0.4, 0.5) is 0 Å². The molecular weight excluding hydrogens is 404 g/mol. The van der Waals surface area contributed by atoms with Crippen LogP contribution in [0.15, 0.2) is 48.5 Å². The quantitative estimate of drug-likeness (QED) is 0.562. The number of hydrogen-bond donors (Lipinski definition) is 1. The van der Waals surface area contributed by atoms with Crippen molar-refractivity contribution in [3.05, 3.63) is 70.8 Å². The molecule has 1 aliphatic carbocycles. The zero-order valence-corrected chi connectivity index (χ0v) is 18.3. The molecule has 1 saturated heterocycles. The molecule has 4 rings (SSSR count). The van der Waals surface area contributed by atoms with E-state index in [4.69, 9.17) is 9.47 Å². The fourth-order valence-electron chi connectivity index (χ4n) is 3.71. The van der Waals surface area contributed by atoms with Gasteiger partial charge in [0.15, 0.2) is 0 Å². The topological polar surface area (TPSA) is 67.9 Å². The molecule has 1 amide bonds. The largest absolute Gasteiger partial charge is 0.467 e. The van der Waals surface area contributed by atoms with Crippen LogP contribution in [0, 0.1) is 17.8 Å². The Kier molecular flexibility index (Phi) is 7.21. The predicted octanol–water partition coefficient (Wildman–Crippen LogP) is 2.60. The molecule has 2 aromatic rings. The molecule has 1 atom stereocenters. The van der Waals surface area contributed by atoms with Crippen molar-refractivity contribution in [2.24, 2.45) is 5.92 Å². The van der Waals surface area contributed by atoms with Crippen LogP contribution in [-0.2, 0) is 20.8 Å². The summed E-state index contributed by atoms with van der Waals surface area (Å²) in [7, 11) is 1.34. The number of esters is 1. The molecule has 0 spiro atoms. The smallest absolute Gasteiger partial charge is 0.328 e. The number of nitrogens with zero attached hydrogens (tertiary/aromatic N) is 1. The van der Waals surface area contributed by atoms with E-state index in [-0.39, 0.29) is 17.8 Å². The number of rotatable bonds is 6. The van der Waals surface area contributed by atoms with Crippen LogP contribution < -0.4 is 5.32 Å². The Morgan fingerprint density at radius 1 is 1.03 bits per heavy atom. The summed E-state index contributed by atoms with van der Waals surface area (Å²) in [6, 6.07) is 14.8. The summed E-state index contributed by atoms with van der Waals surface area (Å²) in [5.74, 6) is 5.83. The third kappa shape index (κ3) is 5.97. The molecule has 166 valence electrons. The number of ether oxygens (including phenoxy) is 2. The van der Waals surface area contributed by atoms with Gasteiger partial charge in [-0.05, 0) is 60.7 Å². The van der Waals surface area contributed by atoms with Crippen LogP contribution >= 0.6 is 0 Å². The van der Waals surface area contributed by atoms with Crippen molar-refractivity contribution in [2.45, 2.75) is 25.4 Å². The van der Waals surface area contributed by atoms with Gasteiger partial charge in [0.1, 0.15) is 6.04 Å². The molecule has 2 fully saturated rings. The van der Waals surface area contributed by atoms with Gasteiger partial charge in [-0.1, -0.05) is 24.0 Å². The van der Waals surface area contributed by atoms with Crippen molar-refractivity contribution in [2.75, 3.05) is 33.4 Å². The van der Waals surface area contributed by atoms with Gasteiger partial charge >= 0.3 is 5.97 Å². The molecule has 1 saturated carbocycles. The second kappa shape index (κ2) is 10.4. The number of benzene rings is 2. The first-order valence-electron chi connectivity index (χ1n) is 11.0. The van der Waals surface area contributed by atoms with E-state index in [9.17, 15) is 9.59 Å². The molecule has 1 unspecified atom stereocenters. The maximum absolute atomic E-state index is 12.5. The van der Waals surface area contributed by atoms with Crippen molar-refractivity contribution >= 4 is 11.9 Å². The Bertz CT molecular complexity index is 995. The summed E-state index contributed by atoms with van der Waals surface area (Å²) in [6.07, 6.45) is 1.87. The molecular formula is C26H28N2O4. The molecule has 0 radical (unpaired) electrons. The van der Waals surface area contributed by atoms with Crippen molar-refractivity contribution in [3.63, 3.8) is 0 Å². The summed E-state index contributed by atoms with van der Waals surface area (Å²) < 4.78 is 10.2. The van der Waals surface area contributed by atoms with Crippen LogP contribution in [0.5, 0.6) is 0 Å². The number of amides is 1. The average Bonchev–Trinajstić information content (AvgIpc) is 3.68. The first-order chi connectivity index (χ1) is 15.6. The molecule has 0 bridgehead atoms. The van der Waals surface area contributed by atoms with Gasteiger partial charge in [0.05, 0.1) is 20.3 Å². The molecule has 0 aromatic heterocycles. The number of carbonyl (C=O) groups is 2. The van der Waals surface area contributed by atoms with E-state index >= 15 is 0 Å². The van der Waals surface area contributed by atoms with E-state index in [1.165, 1.54) is 12.7 Å². The van der Waals surface area contributed by atoms with Crippen molar-refractivity contribution in [1.29, 1.82) is 0 Å². The molecule has 1 aliphatic heterocycles. The summed E-state index contributed by atoms with van der Waals surface area (Å²) >= 11 is 0. The number of carbonyl (C=O) groups excluding carboxylic acids is 2. The first kappa shape index (κ1) is 22.1. The van der Waals surface area contributed by atoms with Gasteiger partial charge in [-0.3, -0.25) is 9.69 Å². The fraction of sp³-hybridized carbons (Fsp3) is 0.385. The van der Waals surface area contributed by atoms with Gasteiger partial charge in [-0.25, -0.2) is 4.79 Å². The Morgan fingerprint density at radius 2 is 1.62 bits per heavy atom. The van der Waals surface area contributed by atoms with Crippen LogP contribution in [-0.4, -0.2) is 56.2 Å². The molecule has 2 aromatic carbocycles. The van der Waals surface area contributed by atoms with Crippen molar-refractivity contribution in [3.8, 4) is 11.8 Å². The Morgan fingerprint density at radius 3 is 2.19 bits per heavy atom. The first-order valence-corrected chi connectivity index (χ1v) is 11.0. The van der Waals surface area contributed by atoms with Gasteiger partial charge in [0.2, 0.25) is 0 Å². The third-order valence-corrected chi connectivity index (χ3v) is 5.80. The van der Waals surface area contributed by atoms with Crippen LogP contribution in [0.1, 0.15) is 39.9 Å². The lowest BCUT2D eigenvalue weighted by molar-refractivity contribution is -0.143. The van der Waals surface area contributed by atoms with Gasteiger partial charge in [0.25, 0.3) is 5.91 Å². The average molecular weight is 433 g/mol. The van der Waals surface area contributed by atoms with Crippen molar-refractivity contribution < 1.29 is 19.1 Å². The summed E-state index contributed by atoms with van der Waals surface area (Å²) in [6.45, 7) is 4.48. The second-order valence-corrected chi connectivity index (χ2v) is 8.22. The maximum Gasteiger partial charge on any atom is 0.328 e. The minimum absolute atomic E-state index is 0.178. The highest BCUT2D eigenvalue weighted by molar-refractivity contribution is 5.97. The Balaban J connectivity index is 1.33. The Hall–Kier alpha value is -3.14. The standard InChI is InChI=1S/C26H28N2O4/c1-31-26(30)24(22-12-13-22)27-25(29)23-10-8-20(9-11-23)3-2-19-4-6-21(7-5-19)18-28-14-16-32-17-15-28/h4-11,22,24H,12-18H2,1H3,(H,27,29). The van der Waals surface area contributed by atoms with E-state index < -0.39 is 6.04 Å². The zero-order chi connectivity index (χ0) is 22.3. The molecule has 32 heavy (non-hydrogen) atoms. The van der Waals surface area contributed by atoms with E-state index in [0.717, 1.165) is 56.8 Å². The molecule has 1 N–H and O–H groups in total. The number of methoxy groups -OCH3 is 1. The number of morpholine rings is 1. The predicted molar refractivity (Wildman–Crippen MR) is 121 cm³/mol. The number of nitrogens with one attached hydrogen (secondary N) is 1. The fourth-order valence-corrected chi connectivity index (χ4v) is 3.71. The minimum atomic E-state index is -0.571. The summed E-state index contributed by atoms with van der Waals surface area (Å²) in [4.78, 5) is 26.8. The summed E-state index contributed by atoms with van der Waals surface area (Å²) in [5.41, 5.74) is 3.54. The normalized spacial score (nSPS) is 17.0. The summed E-state index contributed by atoms with van der Waals surface area (Å²) in [5, 5.41) is 2.80. The maximum atomic E-state index is 12.5.